The van der Waals surface area contributed by atoms with E-state index in [-0.39, 0.29) is 29.0 Å². The molecule has 1 saturated heterocycles. The SMILES string of the molecule is C=CCCCC1(CCCC(C)OP(=O)(OCC)c2c(C=C)cc(OC(C)C)cc2OC(C)C)SCCCS1. The summed E-state index contributed by atoms with van der Waals surface area (Å²) in [6.45, 7) is 19.7. The Morgan fingerprint density at radius 2 is 1.68 bits per heavy atom. The van der Waals surface area contributed by atoms with Crippen LogP contribution in [0.25, 0.3) is 6.08 Å². The summed E-state index contributed by atoms with van der Waals surface area (Å²) in [5.41, 5.74) is 0.638. The molecule has 38 heavy (non-hydrogen) atoms. The lowest BCUT2D eigenvalue weighted by atomic mass is 10.1. The van der Waals surface area contributed by atoms with Crippen LogP contribution in [0.3, 0.4) is 0 Å². The summed E-state index contributed by atoms with van der Waals surface area (Å²) in [4.78, 5) is 0. The topological polar surface area (TPSA) is 54.0 Å². The van der Waals surface area contributed by atoms with Crippen molar-refractivity contribution in [2.24, 2.45) is 0 Å². The molecule has 8 heteroatoms. The zero-order chi connectivity index (χ0) is 28.2. The molecule has 216 valence electrons. The van der Waals surface area contributed by atoms with Crippen molar-refractivity contribution < 1.29 is 23.1 Å². The van der Waals surface area contributed by atoms with Crippen LogP contribution in [0.15, 0.2) is 31.4 Å². The maximum absolute atomic E-state index is 14.4. The molecule has 0 spiro atoms. The Morgan fingerprint density at radius 1 is 1.03 bits per heavy atom. The predicted molar refractivity (Wildman–Crippen MR) is 168 cm³/mol. The highest BCUT2D eigenvalue weighted by molar-refractivity contribution is 8.18. The van der Waals surface area contributed by atoms with Gasteiger partial charge in [0.05, 0.1) is 29.0 Å². The van der Waals surface area contributed by atoms with Gasteiger partial charge in [-0.1, -0.05) is 18.7 Å². The van der Waals surface area contributed by atoms with Crippen LogP contribution in [0.2, 0.25) is 0 Å². The molecule has 1 heterocycles. The molecule has 0 saturated carbocycles. The number of unbranched alkanes of at least 4 members (excludes halogenated alkanes) is 1. The average Bonchev–Trinajstić information content (AvgIpc) is 2.83. The molecule has 0 bridgehead atoms. The molecule has 2 atom stereocenters. The van der Waals surface area contributed by atoms with Crippen LogP contribution in [-0.4, -0.2) is 40.5 Å². The molecule has 1 aromatic rings. The van der Waals surface area contributed by atoms with Gasteiger partial charge in [-0.25, -0.2) is 0 Å². The van der Waals surface area contributed by atoms with E-state index in [0.717, 1.165) is 25.7 Å². The summed E-state index contributed by atoms with van der Waals surface area (Å²) >= 11 is 4.24. The first-order valence-corrected chi connectivity index (χ1v) is 17.6. The lowest BCUT2D eigenvalue weighted by molar-refractivity contribution is 0.159. The van der Waals surface area contributed by atoms with Gasteiger partial charge in [0.25, 0.3) is 0 Å². The summed E-state index contributed by atoms with van der Waals surface area (Å²) in [5, 5.41) is 0.422. The van der Waals surface area contributed by atoms with Crippen molar-refractivity contribution >= 4 is 42.5 Å². The van der Waals surface area contributed by atoms with Crippen molar-refractivity contribution in [3.63, 3.8) is 0 Å². The van der Waals surface area contributed by atoms with Crippen LogP contribution in [0.1, 0.15) is 92.1 Å². The highest BCUT2D eigenvalue weighted by Gasteiger charge is 2.37. The van der Waals surface area contributed by atoms with Gasteiger partial charge in [0.2, 0.25) is 0 Å². The fourth-order valence-corrected chi connectivity index (χ4v) is 10.1. The molecule has 1 aromatic carbocycles. The lowest BCUT2D eigenvalue weighted by Crippen LogP contribution is -2.26. The van der Waals surface area contributed by atoms with Crippen molar-refractivity contribution in [2.45, 2.75) is 109 Å². The van der Waals surface area contributed by atoms with Gasteiger partial charge in [0, 0.05) is 6.07 Å². The van der Waals surface area contributed by atoms with Crippen LogP contribution in [-0.2, 0) is 13.6 Å². The summed E-state index contributed by atoms with van der Waals surface area (Å²) in [6, 6.07) is 3.62. The minimum Gasteiger partial charge on any atom is -0.491 e. The van der Waals surface area contributed by atoms with Gasteiger partial charge in [0.1, 0.15) is 16.8 Å². The minimum absolute atomic E-state index is 0.0130. The van der Waals surface area contributed by atoms with Crippen molar-refractivity contribution in [3.05, 3.63) is 36.9 Å². The first-order chi connectivity index (χ1) is 18.1. The number of rotatable bonds is 18. The Bertz CT molecular complexity index is 927. The Hall–Kier alpha value is -0.850. The maximum Gasteiger partial charge on any atom is 0.365 e. The van der Waals surface area contributed by atoms with E-state index >= 15 is 0 Å². The molecule has 0 aliphatic carbocycles. The smallest absolute Gasteiger partial charge is 0.365 e. The van der Waals surface area contributed by atoms with Gasteiger partial charge in [-0.3, -0.25) is 4.57 Å². The second-order valence-electron chi connectivity index (χ2n) is 10.3. The number of hydrogen-bond donors (Lipinski definition) is 0. The summed E-state index contributed by atoms with van der Waals surface area (Å²) in [5.74, 6) is 3.54. The highest BCUT2D eigenvalue weighted by Crippen LogP contribution is 2.53. The van der Waals surface area contributed by atoms with Crippen molar-refractivity contribution in [1.82, 2.24) is 0 Å². The first kappa shape index (κ1) is 33.4. The average molecular weight is 585 g/mol. The lowest BCUT2D eigenvalue weighted by Gasteiger charge is -2.36. The van der Waals surface area contributed by atoms with E-state index < -0.39 is 7.60 Å². The van der Waals surface area contributed by atoms with Crippen LogP contribution in [0, 0.1) is 0 Å². The molecule has 1 aliphatic rings. The van der Waals surface area contributed by atoms with Gasteiger partial charge >= 0.3 is 7.60 Å². The molecule has 5 nitrogen and oxygen atoms in total. The number of thioether (sulfide) groups is 2. The maximum atomic E-state index is 14.4. The van der Waals surface area contributed by atoms with E-state index in [2.05, 4.69) is 36.7 Å². The Morgan fingerprint density at radius 3 is 2.26 bits per heavy atom. The van der Waals surface area contributed by atoms with E-state index in [1.54, 1.807) is 12.1 Å². The van der Waals surface area contributed by atoms with Crippen molar-refractivity contribution in [2.75, 3.05) is 18.1 Å². The second-order valence-corrected chi connectivity index (χ2v) is 15.4. The summed E-state index contributed by atoms with van der Waals surface area (Å²) in [6.07, 6.45) is 10.9. The largest absolute Gasteiger partial charge is 0.491 e. The number of ether oxygens (including phenoxy) is 2. The molecule has 0 aromatic heterocycles. The first-order valence-electron chi connectivity index (χ1n) is 14.0. The van der Waals surface area contributed by atoms with Gasteiger partial charge in [-0.05, 0) is 110 Å². The van der Waals surface area contributed by atoms with Crippen molar-refractivity contribution in [1.29, 1.82) is 0 Å². The molecule has 0 radical (unpaired) electrons. The molecule has 2 unspecified atom stereocenters. The molecule has 1 fully saturated rings. The molecule has 2 rings (SSSR count). The molecule has 0 N–H and O–H groups in total. The van der Waals surface area contributed by atoms with Gasteiger partial charge in [0.15, 0.2) is 0 Å². The van der Waals surface area contributed by atoms with E-state index in [0.29, 0.717) is 22.4 Å². The molecule has 1 aliphatic heterocycles. The molecular formula is C30H49O5PS2. The monoisotopic (exact) mass is 584 g/mol. The second kappa shape index (κ2) is 16.4. The number of benzene rings is 1. The predicted octanol–water partition coefficient (Wildman–Crippen LogP) is 9.26. The minimum atomic E-state index is -3.71. The Balaban J connectivity index is 2.25. The van der Waals surface area contributed by atoms with E-state index in [1.165, 1.54) is 30.8 Å². The van der Waals surface area contributed by atoms with E-state index in [9.17, 15) is 4.57 Å². The molecule has 0 amide bonds. The highest BCUT2D eigenvalue weighted by atomic mass is 32.2. The standard InChI is InChI=1S/C30H49O5PS2/c1-9-12-13-17-30(37-19-15-20-38-30)18-14-16-25(8)35-36(31,32-11-3)29-26(10-2)21-27(33-23(4)5)22-28(29)34-24(6)7/h9-10,21-25H,1-2,11-20H2,3-8H3. The quantitative estimate of drug-likeness (QED) is 0.0968. The van der Waals surface area contributed by atoms with Gasteiger partial charge < -0.3 is 18.5 Å². The fourth-order valence-electron chi connectivity index (χ4n) is 4.55. The fraction of sp³-hybridized carbons (Fsp3) is 0.667. The number of hydrogen-bond acceptors (Lipinski definition) is 7. The zero-order valence-corrected chi connectivity index (χ0v) is 26.9. The van der Waals surface area contributed by atoms with Gasteiger partial charge in [-0.2, -0.15) is 0 Å². The zero-order valence-electron chi connectivity index (χ0n) is 24.3. The summed E-state index contributed by atoms with van der Waals surface area (Å²) < 4.78 is 39.0. The third kappa shape index (κ3) is 10.3. The Labute approximate surface area is 240 Å². The van der Waals surface area contributed by atoms with Crippen molar-refractivity contribution in [3.8, 4) is 11.5 Å². The van der Waals surface area contributed by atoms with E-state index in [1.807, 2.05) is 53.7 Å². The van der Waals surface area contributed by atoms with E-state index in [4.69, 9.17) is 18.5 Å². The third-order valence-corrected chi connectivity index (χ3v) is 11.9. The Kier molecular flexibility index (Phi) is 14.4. The van der Waals surface area contributed by atoms with Crippen LogP contribution < -0.4 is 14.8 Å². The van der Waals surface area contributed by atoms with Crippen LogP contribution >= 0.6 is 31.1 Å². The van der Waals surface area contributed by atoms with Gasteiger partial charge in [-0.15, -0.1) is 30.1 Å². The van der Waals surface area contributed by atoms with Crippen LogP contribution in [0.5, 0.6) is 11.5 Å². The van der Waals surface area contributed by atoms with Crippen LogP contribution in [0.4, 0.5) is 0 Å². The summed E-state index contributed by atoms with van der Waals surface area (Å²) in [7, 11) is -3.71. The third-order valence-electron chi connectivity index (χ3n) is 6.08. The number of allylic oxidation sites excluding steroid dienone is 1. The normalized spacial score (nSPS) is 17.7. The molecular weight excluding hydrogens is 535 g/mol.